The predicted octanol–water partition coefficient (Wildman–Crippen LogP) is 4.95. The summed E-state index contributed by atoms with van der Waals surface area (Å²) in [5, 5.41) is 22.1. The van der Waals surface area contributed by atoms with E-state index in [0.717, 1.165) is 31.4 Å². The van der Waals surface area contributed by atoms with Crippen molar-refractivity contribution in [1.29, 1.82) is 0 Å². The van der Waals surface area contributed by atoms with Gasteiger partial charge in [0.25, 0.3) is 0 Å². The third-order valence-corrected chi connectivity index (χ3v) is 6.76. The molecule has 0 spiro atoms. The van der Waals surface area contributed by atoms with E-state index in [-0.39, 0.29) is 17.8 Å². The van der Waals surface area contributed by atoms with Crippen LogP contribution in [0.1, 0.15) is 79.1 Å². The van der Waals surface area contributed by atoms with E-state index < -0.39 is 5.97 Å². The zero-order chi connectivity index (χ0) is 17.3. The summed E-state index contributed by atoms with van der Waals surface area (Å²) in [5.74, 6) is 0.407. The Morgan fingerprint density at radius 3 is 2.65 bits per heavy atom. The first kappa shape index (κ1) is 18.3. The van der Waals surface area contributed by atoms with Crippen LogP contribution in [-0.4, -0.2) is 22.0 Å². The van der Waals surface area contributed by atoms with Crippen LogP contribution in [-0.2, 0) is 4.79 Å². The van der Waals surface area contributed by atoms with Crippen molar-refractivity contribution in [2.75, 3.05) is 0 Å². The highest BCUT2D eigenvalue weighted by Crippen LogP contribution is 2.60. The molecule has 4 unspecified atom stereocenters. The first-order chi connectivity index (χ1) is 10.7. The maximum atomic E-state index is 10.9. The molecule has 4 nitrogen and oxygen atoms in total. The third kappa shape index (κ3) is 3.72. The Morgan fingerprint density at radius 2 is 2.04 bits per heavy atom. The fourth-order valence-corrected chi connectivity index (χ4v) is 5.62. The average Bonchev–Trinajstić information content (AvgIpc) is 2.43. The number of nitrogens with zero attached hydrogens (tertiary/aromatic N) is 1. The summed E-state index contributed by atoms with van der Waals surface area (Å²) in [6.07, 6.45) is 7.76. The van der Waals surface area contributed by atoms with Crippen LogP contribution in [0.2, 0.25) is 0 Å². The van der Waals surface area contributed by atoms with Crippen molar-refractivity contribution in [2.45, 2.75) is 79.1 Å². The summed E-state index contributed by atoms with van der Waals surface area (Å²) >= 11 is 0. The monoisotopic (exact) mass is 323 g/mol. The molecule has 132 valence electrons. The van der Waals surface area contributed by atoms with E-state index in [2.05, 4.69) is 25.9 Å². The number of hydrogen-bond acceptors (Lipinski definition) is 3. The molecule has 2 aliphatic rings. The predicted molar refractivity (Wildman–Crippen MR) is 91.8 cm³/mol. The van der Waals surface area contributed by atoms with E-state index in [9.17, 15) is 10.0 Å². The van der Waals surface area contributed by atoms with Crippen LogP contribution < -0.4 is 0 Å². The number of fused-ring (bicyclic) bond motifs is 1. The summed E-state index contributed by atoms with van der Waals surface area (Å²) in [7, 11) is 0. The topological polar surface area (TPSA) is 69.9 Å². The highest BCUT2D eigenvalue weighted by atomic mass is 16.4. The van der Waals surface area contributed by atoms with Crippen LogP contribution in [0, 0.1) is 28.6 Å². The molecule has 2 rings (SSSR count). The molecular weight excluding hydrogens is 290 g/mol. The molecule has 0 saturated heterocycles. The molecular formula is C19H33NO3. The molecule has 2 N–H and O–H groups in total. The van der Waals surface area contributed by atoms with Crippen LogP contribution >= 0.6 is 0 Å². The van der Waals surface area contributed by atoms with Gasteiger partial charge in [-0.3, -0.25) is 4.79 Å². The lowest BCUT2D eigenvalue weighted by molar-refractivity contribution is -0.138. The van der Waals surface area contributed by atoms with Gasteiger partial charge in [-0.25, -0.2) is 0 Å². The lowest BCUT2D eigenvalue weighted by Crippen LogP contribution is -2.52. The Bertz CT molecular complexity index is 471. The minimum absolute atomic E-state index is 0.174. The average molecular weight is 323 g/mol. The highest BCUT2D eigenvalue weighted by molar-refractivity contribution is 5.88. The molecule has 4 heteroatoms. The number of hydrogen-bond donors (Lipinski definition) is 2. The standard InChI is InChI=1S/C19H33NO3/c1-13(12-17(21)22)6-7-14-15(20-23)8-9-16-18(2,3)10-5-11-19(14,16)4/h13-14,16,23H,5-12H2,1-4H3,(H,21,22). The zero-order valence-corrected chi connectivity index (χ0v) is 15.1. The Morgan fingerprint density at radius 1 is 1.35 bits per heavy atom. The van der Waals surface area contributed by atoms with Gasteiger partial charge < -0.3 is 10.3 Å². The van der Waals surface area contributed by atoms with E-state index in [1.807, 2.05) is 6.92 Å². The summed E-state index contributed by atoms with van der Waals surface area (Å²) in [6.45, 7) is 9.17. The molecule has 0 aromatic rings. The molecule has 0 aromatic carbocycles. The number of carboxylic acid groups (broad SMARTS) is 1. The second-order valence-corrected chi connectivity index (χ2v) is 8.86. The van der Waals surface area contributed by atoms with Gasteiger partial charge in [-0.05, 0) is 61.2 Å². The normalized spacial score (nSPS) is 36.4. The first-order valence-electron chi connectivity index (χ1n) is 9.13. The molecule has 2 aliphatic carbocycles. The number of rotatable bonds is 5. The van der Waals surface area contributed by atoms with Gasteiger partial charge in [0.2, 0.25) is 0 Å². The lowest BCUT2D eigenvalue weighted by atomic mass is 9.47. The minimum Gasteiger partial charge on any atom is -0.481 e. The van der Waals surface area contributed by atoms with Crippen LogP contribution in [0.3, 0.4) is 0 Å². The summed E-state index contributed by atoms with van der Waals surface area (Å²) in [5.41, 5.74) is 1.48. The molecule has 2 saturated carbocycles. The molecule has 0 aromatic heterocycles. The summed E-state index contributed by atoms with van der Waals surface area (Å²) in [4.78, 5) is 10.9. The van der Waals surface area contributed by atoms with E-state index in [1.54, 1.807) is 0 Å². The minimum atomic E-state index is -0.722. The fourth-order valence-electron chi connectivity index (χ4n) is 5.62. The van der Waals surface area contributed by atoms with E-state index >= 15 is 0 Å². The van der Waals surface area contributed by atoms with Crippen molar-refractivity contribution in [2.24, 2.45) is 33.7 Å². The fraction of sp³-hybridized carbons (Fsp3) is 0.895. The molecule has 0 amide bonds. The van der Waals surface area contributed by atoms with Gasteiger partial charge in [0.05, 0.1) is 5.71 Å². The van der Waals surface area contributed by atoms with Crippen LogP contribution in [0.4, 0.5) is 0 Å². The first-order valence-corrected chi connectivity index (χ1v) is 9.13. The van der Waals surface area contributed by atoms with Gasteiger partial charge in [-0.2, -0.15) is 0 Å². The Labute approximate surface area is 140 Å². The third-order valence-electron chi connectivity index (χ3n) is 6.76. The highest BCUT2D eigenvalue weighted by Gasteiger charge is 2.53. The quantitative estimate of drug-likeness (QED) is 0.555. The van der Waals surface area contributed by atoms with E-state index in [4.69, 9.17) is 5.11 Å². The van der Waals surface area contributed by atoms with Crippen molar-refractivity contribution in [3.05, 3.63) is 0 Å². The van der Waals surface area contributed by atoms with Crippen molar-refractivity contribution in [3.8, 4) is 0 Å². The van der Waals surface area contributed by atoms with Gasteiger partial charge in [0, 0.05) is 12.3 Å². The SMILES string of the molecule is CC(CCC1C(=NO)CCC2C(C)(C)CCCC12C)CC(=O)O. The van der Waals surface area contributed by atoms with Gasteiger partial charge in [-0.15, -0.1) is 0 Å². The molecule has 4 atom stereocenters. The zero-order valence-electron chi connectivity index (χ0n) is 15.1. The van der Waals surface area contributed by atoms with E-state index in [0.29, 0.717) is 17.3 Å². The molecule has 0 aliphatic heterocycles. The van der Waals surface area contributed by atoms with Crippen molar-refractivity contribution >= 4 is 11.7 Å². The molecule has 0 heterocycles. The lowest BCUT2D eigenvalue weighted by Gasteiger charge is -2.57. The maximum Gasteiger partial charge on any atom is 0.303 e. The summed E-state index contributed by atoms with van der Waals surface area (Å²) < 4.78 is 0. The van der Waals surface area contributed by atoms with Crippen LogP contribution in [0.25, 0.3) is 0 Å². The summed E-state index contributed by atoms with van der Waals surface area (Å²) in [6, 6.07) is 0. The second kappa shape index (κ2) is 6.82. The van der Waals surface area contributed by atoms with Gasteiger partial charge >= 0.3 is 5.97 Å². The number of aliphatic carboxylic acids is 1. The van der Waals surface area contributed by atoms with Crippen molar-refractivity contribution in [3.63, 3.8) is 0 Å². The number of carboxylic acids is 1. The molecule has 2 fully saturated rings. The Hall–Kier alpha value is -1.06. The van der Waals surface area contributed by atoms with Crippen LogP contribution in [0.5, 0.6) is 0 Å². The van der Waals surface area contributed by atoms with Gasteiger partial charge in [-0.1, -0.05) is 39.3 Å². The smallest absolute Gasteiger partial charge is 0.303 e. The Kier molecular flexibility index (Phi) is 5.42. The van der Waals surface area contributed by atoms with E-state index in [1.165, 1.54) is 19.3 Å². The number of oxime groups is 1. The molecule has 0 bridgehead atoms. The van der Waals surface area contributed by atoms with Gasteiger partial charge in [0.15, 0.2) is 0 Å². The number of carbonyl (C=O) groups is 1. The van der Waals surface area contributed by atoms with Crippen LogP contribution in [0.15, 0.2) is 5.16 Å². The molecule has 0 radical (unpaired) electrons. The largest absolute Gasteiger partial charge is 0.481 e. The van der Waals surface area contributed by atoms with Gasteiger partial charge in [0.1, 0.15) is 0 Å². The molecule has 23 heavy (non-hydrogen) atoms. The Balaban J connectivity index is 2.17. The maximum absolute atomic E-state index is 10.9. The van der Waals surface area contributed by atoms with Crippen molar-refractivity contribution < 1.29 is 15.1 Å². The van der Waals surface area contributed by atoms with Crippen molar-refractivity contribution in [1.82, 2.24) is 0 Å². The second-order valence-electron chi connectivity index (χ2n) is 8.86.